The zero-order chi connectivity index (χ0) is 12.7. The summed E-state index contributed by atoms with van der Waals surface area (Å²) in [5.74, 6) is 1.14. The number of carboxylic acids is 1. The summed E-state index contributed by atoms with van der Waals surface area (Å²) in [5, 5.41) is 8.64. The molecule has 1 aromatic carbocycles. The molecule has 0 aliphatic carbocycles. The molecule has 1 N–H and O–H groups in total. The first-order valence-corrected chi connectivity index (χ1v) is 7.70. The maximum Gasteiger partial charge on any atom is 0.316 e. The minimum Gasteiger partial charge on any atom is -0.480 e. The number of rotatable bonds is 7. The molecule has 1 aromatic rings. The molecule has 0 heterocycles. The number of aliphatic carboxylic acids is 1. The molecule has 17 heavy (non-hydrogen) atoms. The lowest BCUT2D eigenvalue weighted by Crippen LogP contribution is -2.15. The molecule has 0 aliphatic rings. The summed E-state index contributed by atoms with van der Waals surface area (Å²) in [4.78, 5) is 12.1. The lowest BCUT2D eigenvalue weighted by Gasteiger charge is -2.08. The van der Waals surface area contributed by atoms with E-state index in [1.807, 2.05) is 6.92 Å². The largest absolute Gasteiger partial charge is 0.480 e. The van der Waals surface area contributed by atoms with E-state index in [9.17, 15) is 4.79 Å². The third-order valence-electron chi connectivity index (χ3n) is 2.34. The fourth-order valence-corrected chi connectivity index (χ4v) is 3.29. The molecule has 0 aliphatic heterocycles. The van der Waals surface area contributed by atoms with Crippen LogP contribution in [0.5, 0.6) is 0 Å². The molecule has 1 unspecified atom stereocenters. The van der Waals surface area contributed by atoms with Crippen molar-refractivity contribution in [1.82, 2.24) is 0 Å². The van der Waals surface area contributed by atoms with E-state index in [-0.39, 0.29) is 5.25 Å². The van der Waals surface area contributed by atoms with Gasteiger partial charge in [-0.1, -0.05) is 24.6 Å². The van der Waals surface area contributed by atoms with Gasteiger partial charge >= 0.3 is 5.97 Å². The Bertz CT molecular complexity index is 349. The van der Waals surface area contributed by atoms with Crippen molar-refractivity contribution in [3.63, 3.8) is 0 Å². The molecule has 0 fully saturated rings. The van der Waals surface area contributed by atoms with Gasteiger partial charge in [-0.15, -0.1) is 23.5 Å². The molecule has 0 saturated heterocycles. The van der Waals surface area contributed by atoms with Crippen LogP contribution in [0.3, 0.4) is 0 Å². The van der Waals surface area contributed by atoms with Crippen molar-refractivity contribution in [2.75, 3.05) is 11.5 Å². The minimum absolute atomic E-state index is 0.256. The van der Waals surface area contributed by atoms with Gasteiger partial charge in [0.15, 0.2) is 0 Å². The Balaban J connectivity index is 2.24. The number of hydrogen-bond acceptors (Lipinski definition) is 3. The molecule has 94 valence electrons. The SMILES string of the molecule is CCC(SCCSc1ccc(C)cc1)C(=O)O. The van der Waals surface area contributed by atoms with Crippen LogP contribution in [0.2, 0.25) is 0 Å². The van der Waals surface area contributed by atoms with Crippen LogP contribution < -0.4 is 0 Å². The summed E-state index contributed by atoms with van der Waals surface area (Å²) in [7, 11) is 0. The van der Waals surface area contributed by atoms with Gasteiger partial charge in [-0.2, -0.15) is 0 Å². The highest BCUT2D eigenvalue weighted by molar-refractivity contribution is 8.03. The normalized spacial score (nSPS) is 12.4. The monoisotopic (exact) mass is 270 g/mol. The van der Waals surface area contributed by atoms with Crippen LogP contribution in [-0.2, 0) is 4.79 Å². The number of aryl methyl sites for hydroxylation is 1. The molecular weight excluding hydrogens is 252 g/mol. The van der Waals surface area contributed by atoms with Crippen molar-refractivity contribution in [1.29, 1.82) is 0 Å². The zero-order valence-corrected chi connectivity index (χ0v) is 11.8. The first-order valence-electron chi connectivity index (χ1n) is 5.67. The topological polar surface area (TPSA) is 37.3 Å². The lowest BCUT2D eigenvalue weighted by molar-refractivity contribution is -0.136. The maximum absolute atomic E-state index is 10.8. The zero-order valence-electron chi connectivity index (χ0n) is 10.2. The molecule has 0 saturated carbocycles. The van der Waals surface area contributed by atoms with Gasteiger partial charge in [0.2, 0.25) is 0 Å². The molecule has 0 radical (unpaired) electrons. The molecule has 0 aromatic heterocycles. The van der Waals surface area contributed by atoms with Crippen LogP contribution in [-0.4, -0.2) is 27.8 Å². The number of hydrogen-bond donors (Lipinski definition) is 1. The van der Waals surface area contributed by atoms with E-state index in [4.69, 9.17) is 5.11 Å². The van der Waals surface area contributed by atoms with Crippen LogP contribution in [0, 0.1) is 6.92 Å². The third-order valence-corrected chi connectivity index (χ3v) is 4.99. The Morgan fingerprint density at radius 3 is 2.47 bits per heavy atom. The quantitative estimate of drug-likeness (QED) is 0.606. The predicted molar refractivity (Wildman–Crippen MR) is 76.1 cm³/mol. The summed E-state index contributed by atoms with van der Waals surface area (Å²) in [6.07, 6.45) is 0.690. The Hall–Kier alpha value is -0.610. The van der Waals surface area contributed by atoms with Crippen molar-refractivity contribution in [2.45, 2.75) is 30.4 Å². The molecule has 0 bridgehead atoms. The molecule has 1 atom stereocenters. The van der Waals surface area contributed by atoms with Gasteiger partial charge in [0.25, 0.3) is 0 Å². The van der Waals surface area contributed by atoms with Crippen molar-refractivity contribution < 1.29 is 9.90 Å². The summed E-state index contributed by atoms with van der Waals surface area (Å²) in [6.45, 7) is 3.99. The summed E-state index contributed by atoms with van der Waals surface area (Å²) in [6, 6.07) is 8.42. The Labute approximate surface area is 111 Å². The highest BCUT2D eigenvalue weighted by Crippen LogP contribution is 2.22. The molecule has 4 heteroatoms. The highest BCUT2D eigenvalue weighted by atomic mass is 32.2. The van der Waals surface area contributed by atoms with Crippen LogP contribution >= 0.6 is 23.5 Å². The summed E-state index contributed by atoms with van der Waals surface area (Å²) >= 11 is 3.31. The number of thioether (sulfide) groups is 2. The van der Waals surface area contributed by atoms with Crippen LogP contribution in [0.15, 0.2) is 29.2 Å². The van der Waals surface area contributed by atoms with Gasteiger partial charge in [0.1, 0.15) is 5.25 Å². The number of benzene rings is 1. The standard InChI is InChI=1S/C13H18O2S2/c1-3-12(13(14)15)17-9-8-16-11-6-4-10(2)5-7-11/h4-7,12H,3,8-9H2,1-2H3,(H,14,15). The second kappa shape index (κ2) is 7.67. The van der Waals surface area contributed by atoms with Gasteiger partial charge < -0.3 is 5.11 Å². The molecule has 1 rings (SSSR count). The van der Waals surface area contributed by atoms with Crippen molar-refractivity contribution in [2.24, 2.45) is 0 Å². The second-order valence-corrected chi connectivity index (χ2v) is 6.25. The van der Waals surface area contributed by atoms with Crippen molar-refractivity contribution in [3.05, 3.63) is 29.8 Å². The number of carboxylic acid groups (broad SMARTS) is 1. The average Bonchev–Trinajstić information content (AvgIpc) is 2.31. The van der Waals surface area contributed by atoms with Crippen molar-refractivity contribution >= 4 is 29.5 Å². The minimum atomic E-state index is -0.696. The lowest BCUT2D eigenvalue weighted by atomic mass is 10.2. The first-order chi connectivity index (χ1) is 8.13. The molecule has 0 amide bonds. The average molecular weight is 270 g/mol. The Morgan fingerprint density at radius 1 is 1.29 bits per heavy atom. The van der Waals surface area contributed by atoms with Crippen LogP contribution in [0.4, 0.5) is 0 Å². The Morgan fingerprint density at radius 2 is 1.94 bits per heavy atom. The predicted octanol–water partition coefficient (Wildman–Crippen LogP) is 3.68. The molecule has 0 spiro atoms. The van der Waals surface area contributed by atoms with Gasteiger partial charge in [0, 0.05) is 16.4 Å². The van der Waals surface area contributed by atoms with Gasteiger partial charge in [-0.05, 0) is 25.5 Å². The maximum atomic E-state index is 10.8. The highest BCUT2D eigenvalue weighted by Gasteiger charge is 2.14. The van der Waals surface area contributed by atoms with E-state index < -0.39 is 5.97 Å². The van der Waals surface area contributed by atoms with Crippen LogP contribution in [0.25, 0.3) is 0 Å². The second-order valence-electron chi connectivity index (χ2n) is 3.77. The number of carbonyl (C=O) groups is 1. The van der Waals surface area contributed by atoms with Gasteiger partial charge in [-0.3, -0.25) is 4.79 Å². The van der Waals surface area contributed by atoms with E-state index in [1.54, 1.807) is 11.8 Å². The first kappa shape index (κ1) is 14.5. The smallest absolute Gasteiger partial charge is 0.316 e. The summed E-state index contributed by atoms with van der Waals surface area (Å²) in [5.41, 5.74) is 1.26. The fourth-order valence-electron chi connectivity index (χ4n) is 1.35. The third kappa shape index (κ3) is 5.50. The summed E-state index contributed by atoms with van der Waals surface area (Å²) < 4.78 is 0. The fraction of sp³-hybridized carbons (Fsp3) is 0.462. The molecule has 2 nitrogen and oxygen atoms in total. The van der Waals surface area contributed by atoms with Crippen LogP contribution in [0.1, 0.15) is 18.9 Å². The van der Waals surface area contributed by atoms with Gasteiger partial charge in [0.05, 0.1) is 0 Å². The van der Waals surface area contributed by atoms with E-state index >= 15 is 0 Å². The van der Waals surface area contributed by atoms with E-state index in [2.05, 4.69) is 31.2 Å². The van der Waals surface area contributed by atoms with Crippen molar-refractivity contribution in [3.8, 4) is 0 Å². The Kier molecular flexibility index (Phi) is 6.52. The van der Waals surface area contributed by atoms with E-state index in [0.717, 1.165) is 11.5 Å². The van der Waals surface area contributed by atoms with E-state index in [1.165, 1.54) is 22.2 Å². The van der Waals surface area contributed by atoms with Gasteiger partial charge in [-0.25, -0.2) is 0 Å². The van der Waals surface area contributed by atoms with E-state index in [0.29, 0.717) is 6.42 Å². The molecular formula is C13H18O2S2.